The van der Waals surface area contributed by atoms with Gasteiger partial charge in [0, 0.05) is 43.1 Å². The molecule has 2 aromatic carbocycles. The smallest absolute Gasteiger partial charge is 0.241 e. The first-order chi connectivity index (χ1) is 12.5. The zero-order valence-corrected chi connectivity index (χ0v) is 14.7. The van der Waals surface area contributed by atoms with E-state index in [0.717, 1.165) is 24.5 Å². The molecule has 0 aromatic heterocycles. The molecule has 1 aliphatic heterocycles. The number of benzene rings is 2. The number of anilines is 2. The molecule has 26 heavy (non-hydrogen) atoms. The second-order valence-corrected chi connectivity index (χ2v) is 6.33. The molecule has 2 aromatic rings. The largest absolute Gasteiger partial charge is 0.376 e. The fraction of sp³-hybridized carbons (Fsp3) is 0.300. The van der Waals surface area contributed by atoms with Crippen molar-refractivity contribution in [3.05, 3.63) is 59.9 Å². The lowest BCUT2D eigenvalue weighted by Crippen LogP contribution is -2.50. The summed E-state index contributed by atoms with van der Waals surface area (Å²) in [6.45, 7) is 4.41. The first kappa shape index (κ1) is 17.9. The predicted octanol–water partition coefficient (Wildman–Crippen LogP) is 2.79. The third-order valence-electron chi connectivity index (χ3n) is 4.54. The van der Waals surface area contributed by atoms with Crippen molar-refractivity contribution in [3.63, 3.8) is 0 Å². The maximum Gasteiger partial charge on any atom is 0.241 e. The molecule has 1 heterocycles. The summed E-state index contributed by atoms with van der Waals surface area (Å²) in [6.07, 6.45) is 0. The number of nitrogens with zero attached hydrogens (tertiary/aromatic N) is 2. The number of nitrogens with one attached hydrogen (secondary N) is 1. The molecule has 136 valence electrons. The van der Waals surface area contributed by atoms with Gasteiger partial charge in [-0.3, -0.25) is 9.59 Å². The van der Waals surface area contributed by atoms with Gasteiger partial charge in [0.25, 0.3) is 0 Å². The molecule has 3 rings (SSSR count). The maximum atomic E-state index is 13.0. The monoisotopic (exact) mass is 355 g/mol. The molecule has 0 saturated carbocycles. The van der Waals surface area contributed by atoms with E-state index in [-0.39, 0.29) is 24.1 Å². The van der Waals surface area contributed by atoms with Crippen molar-refractivity contribution < 1.29 is 14.0 Å². The van der Waals surface area contributed by atoms with Crippen molar-refractivity contribution in [2.24, 2.45) is 0 Å². The Morgan fingerprint density at radius 3 is 2.38 bits per heavy atom. The minimum Gasteiger partial charge on any atom is -0.376 e. The van der Waals surface area contributed by atoms with Crippen molar-refractivity contribution in [2.75, 3.05) is 42.9 Å². The van der Waals surface area contributed by atoms with Gasteiger partial charge in [-0.1, -0.05) is 12.1 Å². The summed E-state index contributed by atoms with van der Waals surface area (Å²) in [4.78, 5) is 27.8. The van der Waals surface area contributed by atoms with Crippen LogP contribution >= 0.6 is 0 Å². The second-order valence-electron chi connectivity index (χ2n) is 6.33. The van der Waals surface area contributed by atoms with Crippen LogP contribution in [0.25, 0.3) is 0 Å². The van der Waals surface area contributed by atoms with E-state index >= 15 is 0 Å². The number of hydrogen-bond acceptors (Lipinski definition) is 4. The minimum atomic E-state index is -0.248. The number of hydrogen-bond donors (Lipinski definition) is 1. The highest BCUT2D eigenvalue weighted by atomic mass is 19.1. The average Bonchev–Trinajstić information content (AvgIpc) is 2.67. The van der Waals surface area contributed by atoms with Crippen LogP contribution in [0, 0.1) is 5.82 Å². The molecule has 1 amide bonds. The molecule has 0 radical (unpaired) electrons. The number of Topliss-reactive ketones (excluding diaryl/α,β-unsaturated/α-hetero) is 1. The average molecular weight is 355 g/mol. The molecular weight excluding hydrogens is 333 g/mol. The topological polar surface area (TPSA) is 52.7 Å². The molecular formula is C20H22FN3O2. The predicted molar refractivity (Wildman–Crippen MR) is 100 cm³/mol. The number of piperazine rings is 1. The molecule has 0 spiro atoms. The number of amides is 1. The van der Waals surface area contributed by atoms with Crippen molar-refractivity contribution in [1.82, 2.24) is 4.90 Å². The first-order valence-corrected chi connectivity index (χ1v) is 8.66. The Morgan fingerprint density at radius 2 is 1.73 bits per heavy atom. The zero-order valence-electron chi connectivity index (χ0n) is 14.7. The Kier molecular flexibility index (Phi) is 5.51. The molecule has 1 aliphatic rings. The summed E-state index contributed by atoms with van der Waals surface area (Å²) in [5.74, 6) is -0.226. The summed E-state index contributed by atoms with van der Waals surface area (Å²) in [5.41, 5.74) is 2.35. The van der Waals surface area contributed by atoms with Crippen LogP contribution < -0.4 is 10.2 Å². The Balaban J connectivity index is 1.50. The van der Waals surface area contributed by atoms with Crippen molar-refractivity contribution in [1.29, 1.82) is 0 Å². The van der Waals surface area contributed by atoms with E-state index in [4.69, 9.17) is 0 Å². The van der Waals surface area contributed by atoms with Crippen LogP contribution in [-0.2, 0) is 4.79 Å². The number of ketones is 1. The molecule has 1 fully saturated rings. The number of rotatable bonds is 5. The Bertz CT molecular complexity index is 784. The Labute approximate surface area is 152 Å². The molecule has 0 aliphatic carbocycles. The second kappa shape index (κ2) is 7.99. The van der Waals surface area contributed by atoms with Crippen LogP contribution in [0.1, 0.15) is 17.3 Å². The fourth-order valence-electron chi connectivity index (χ4n) is 3.00. The van der Waals surface area contributed by atoms with Crippen LogP contribution in [0.5, 0.6) is 0 Å². The van der Waals surface area contributed by atoms with Crippen LogP contribution in [-0.4, -0.2) is 49.3 Å². The van der Waals surface area contributed by atoms with Gasteiger partial charge in [0.2, 0.25) is 5.91 Å². The third kappa shape index (κ3) is 4.39. The lowest BCUT2D eigenvalue weighted by molar-refractivity contribution is -0.129. The molecule has 0 unspecified atom stereocenters. The lowest BCUT2D eigenvalue weighted by atomic mass is 10.1. The quantitative estimate of drug-likeness (QED) is 0.838. The molecule has 1 N–H and O–H groups in total. The molecule has 0 atom stereocenters. The van der Waals surface area contributed by atoms with Gasteiger partial charge in [0.15, 0.2) is 5.78 Å². The van der Waals surface area contributed by atoms with Crippen molar-refractivity contribution in [3.8, 4) is 0 Å². The minimum absolute atomic E-state index is 0.00288. The van der Waals surface area contributed by atoms with E-state index in [1.807, 2.05) is 11.0 Å². The van der Waals surface area contributed by atoms with Gasteiger partial charge in [-0.25, -0.2) is 4.39 Å². The molecule has 5 nitrogen and oxygen atoms in total. The summed E-state index contributed by atoms with van der Waals surface area (Å²) in [7, 11) is 0. The van der Waals surface area contributed by atoms with E-state index in [0.29, 0.717) is 18.7 Å². The highest BCUT2D eigenvalue weighted by Crippen LogP contribution is 2.17. The van der Waals surface area contributed by atoms with Crippen LogP contribution in [0.3, 0.4) is 0 Å². The number of carbonyl (C=O) groups excluding carboxylic acids is 2. The fourth-order valence-corrected chi connectivity index (χ4v) is 3.00. The first-order valence-electron chi connectivity index (χ1n) is 8.66. The molecule has 1 saturated heterocycles. The van der Waals surface area contributed by atoms with Crippen LogP contribution in [0.15, 0.2) is 48.5 Å². The van der Waals surface area contributed by atoms with E-state index in [1.54, 1.807) is 30.3 Å². The van der Waals surface area contributed by atoms with Gasteiger partial charge in [-0.15, -0.1) is 0 Å². The van der Waals surface area contributed by atoms with E-state index in [9.17, 15) is 14.0 Å². The van der Waals surface area contributed by atoms with Gasteiger partial charge in [-0.2, -0.15) is 0 Å². The summed E-state index contributed by atoms with van der Waals surface area (Å²) >= 11 is 0. The Hall–Kier alpha value is -2.89. The maximum absolute atomic E-state index is 13.0. The van der Waals surface area contributed by atoms with Gasteiger partial charge in [0.1, 0.15) is 5.82 Å². The zero-order chi connectivity index (χ0) is 18.5. The standard InChI is InChI=1S/C20H22FN3O2/c1-15(25)16-3-2-4-18(13-16)22-14-20(26)24-11-9-23(10-12-24)19-7-5-17(21)6-8-19/h2-8,13,22H,9-12,14H2,1H3. The van der Waals surface area contributed by atoms with Crippen molar-refractivity contribution in [2.45, 2.75) is 6.92 Å². The van der Waals surface area contributed by atoms with Gasteiger partial charge in [-0.05, 0) is 43.3 Å². The Morgan fingerprint density at radius 1 is 1.04 bits per heavy atom. The molecule has 0 bridgehead atoms. The third-order valence-corrected chi connectivity index (χ3v) is 4.54. The SMILES string of the molecule is CC(=O)c1cccc(NCC(=O)N2CCN(c3ccc(F)cc3)CC2)c1. The van der Waals surface area contributed by atoms with Crippen LogP contribution in [0.4, 0.5) is 15.8 Å². The highest BCUT2D eigenvalue weighted by molar-refractivity contribution is 5.95. The van der Waals surface area contributed by atoms with Crippen LogP contribution in [0.2, 0.25) is 0 Å². The number of carbonyl (C=O) groups is 2. The summed E-state index contributed by atoms with van der Waals surface area (Å²) < 4.78 is 13.0. The normalized spacial score (nSPS) is 14.2. The van der Waals surface area contributed by atoms with Gasteiger partial charge >= 0.3 is 0 Å². The summed E-state index contributed by atoms with van der Waals surface area (Å²) in [6, 6.07) is 13.6. The summed E-state index contributed by atoms with van der Waals surface area (Å²) in [5, 5.41) is 3.09. The van der Waals surface area contributed by atoms with E-state index < -0.39 is 0 Å². The van der Waals surface area contributed by atoms with E-state index in [1.165, 1.54) is 19.1 Å². The van der Waals surface area contributed by atoms with Crippen molar-refractivity contribution >= 4 is 23.1 Å². The van der Waals surface area contributed by atoms with Gasteiger partial charge < -0.3 is 15.1 Å². The molecule has 6 heteroatoms. The van der Waals surface area contributed by atoms with E-state index in [2.05, 4.69) is 10.2 Å². The highest BCUT2D eigenvalue weighted by Gasteiger charge is 2.21. The lowest BCUT2D eigenvalue weighted by Gasteiger charge is -2.36. The van der Waals surface area contributed by atoms with Gasteiger partial charge in [0.05, 0.1) is 6.54 Å². The number of halogens is 1.